The predicted molar refractivity (Wildman–Crippen MR) is 82.2 cm³/mol. The summed E-state index contributed by atoms with van der Waals surface area (Å²) in [6.07, 6.45) is 1.86. The number of hydrogen-bond acceptors (Lipinski definition) is 4. The number of nitrogens with zero attached hydrogens (tertiary/aromatic N) is 1. The molecule has 0 saturated carbocycles. The molecule has 110 valence electrons. The first-order chi connectivity index (χ1) is 10.0. The van der Waals surface area contributed by atoms with Gasteiger partial charge in [0.2, 0.25) is 0 Å². The number of carbonyl (C=O) groups is 2. The van der Waals surface area contributed by atoms with Crippen LogP contribution in [0, 0.1) is 6.92 Å². The number of thiazole rings is 1. The van der Waals surface area contributed by atoms with Crippen LogP contribution in [-0.4, -0.2) is 22.0 Å². The van der Waals surface area contributed by atoms with Gasteiger partial charge in [0, 0.05) is 5.69 Å². The lowest BCUT2D eigenvalue weighted by Crippen LogP contribution is -2.11. The third kappa shape index (κ3) is 3.66. The van der Waals surface area contributed by atoms with Crippen LogP contribution in [0.4, 0.5) is 5.69 Å². The smallest absolute Gasteiger partial charge is 0.335 e. The first kappa shape index (κ1) is 15.2. The predicted octanol–water partition coefficient (Wildman–Crippen LogP) is 3.35. The molecule has 6 heteroatoms. The Bertz CT molecular complexity index is 662. The second kappa shape index (κ2) is 6.49. The van der Waals surface area contributed by atoms with E-state index in [0.29, 0.717) is 10.6 Å². The Balaban J connectivity index is 2.12. The highest BCUT2D eigenvalue weighted by Crippen LogP contribution is 2.21. The summed E-state index contributed by atoms with van der Waals surface area (Å²) in [5.74, 6) is -1.20. The fourth-order valence-corrected chi connectivity index (χ4v) is 2.93. The second-order valence-corrected chi connectivity index (χ2v) is 5.69. The first-order valence-corrected chi connectivity index (χ1v) is 7.44. The van der Waals surface area contributed by atoms with E-state index < -0.39 is 5.97 Å². The van der Waals surface area contributed by atoms with E-state index in [-0.39, 0.29) is 11.5 Å². The van der Waals surface area contributed by atoms with Gasteiger partial charge in [-0.3, -0.25) is 4.79 Å². The number of carbonyl (C=O) groups excluding carboxylic acids is 1. The van der Waals surface area contributed by atoms with Crippen LogP contribution in [-0.2, 0) is 6.42 Å². The van der Waals surface area contributed by atoms with Crippen molar-refractivity contribution in [2.45, 2.75) is 26.7 Å². The SMILES string of the molecule is CCCc1nc(C)c(C(=O)Nc2ccc(C(=O)O)cc2)s1. The Morgan fingerprint density at radius 2 is 1.95 bits per heavy atom. The molecule has 1 aromatic carbocycles. The van der Waals surface area contributed by atoms with Gasteiger partial charge >= 0.3 is 5.97 Å². The third-order valence-electron chi connectivity index (χ3n) is 2.90. The highest BCUT2D eigenvalue weighted by Gasteiger charge is 2.15. The summed E-state index contributed by atoms with van der Waals surface area (Å²) >= 11 is 1.40. The minimum atomic E-state index is -0.990. The molecule has 1 aromatic heterocycles. The molecule has 0 aliphatic rings. The second-order valence-electron chi connectivity index (χ2n) is 4.61. The lowest BCUT2D eigenvalue weighted by atomic mass is 10.2. The van der Waals surface area contributed by atoms with Crippen molar-refractivity contribution in [3.63, 3.8) is 0 Å². The number of nitrogens with one attached hydrogen (secondary N) is 1. The number of amides is 1. The van der Waals surface area contributed by atoms with Gasteiger partial charge in [-0.2, -0.15) is 0 Å². The zero-order valence-corrected chi connectivity index (χ0v) is 12.7. The Morgan fingerprint density at radius 1 is 1.29 bits per heavy atom. The number of carboxylic acids is 1. The molecule has 0 fully saturated rings. The van der Waals surface area contributed by atoms with Gasteiger partial charge in [-0.1, -0.05) is 6.92 Å². The van der Waals surface area contributed by atoms with E-state index >= 15 is 0 Å². The van der Waals surface area contributed by atoms with Crippen molar-refractivity contribution < 1.29 is 14.7 Å². The van der Waals surface area contributed by atoms with Crippen LogP contribution in [0.5, 0.6) is 0 Å². The van der Waals surface area contributed by atoms with E-state index in [4.69, 9.17) is 5.11 Å². The quantitative estimate of drug-likeness (QED) is 0.887. The van der Waals surface area contributed by atoms with Crippen LogP contribution in [0.25, 0.3) is 0 Å². The molecule has 0 saturated heterocycles. The number of carboxylic acid groups (broad SMARTS) is 1. The first-order valence-electron chi connectivity index (χ1n) is 6.62. The third-order valence-corrected chi connectivity index (χ3v) is 4.12. The van der Waals surface area contributed by atoms with E-state index in [1.54, 1.807) is 12.1 Å². The zero-order valence-electron chi connectivity index (χ0n) is 11.8. The normalized spacial score (nSPS) is 10.4. The average molecular weight is 304 g/mol. The Kier molecular flexibility index (Phi) is 4.70. The van der Waals surface area contributed by atoms with E-state index in [1.165, 1.54) is 23.5 Å². The number of hydrogen-bond donors (Lipinski definition) is 2. The van der Waals surface area contributed by atoms with Crippen molar-refractivity contribution in [3.05, 3.63) is 45.4 Å². The largest absolute Gasteiger partial charge is 0.478 e. The van der Waals surface area contributed by atoms with Crippen LogP contribution >= 0.6 is 11.3 Å². The molecule has 0 radical (unpaired) electrons. The van der Waals surface area contributed by atoms with Crippen molar-refractivity contribution in [2.75, 3.05) is 5.32 Å². The van der Waals surface area contributed by atoms with Crippen LogP contribution < -0.4 is 5.32 Å². The summed E-state index contributed by atoms with van der Waals surface area (Å²) in [6.45, 7) is 3.89. The summed E-state index contributed by atoms with van der Waals surface area (Å²) in [4.78, 5) is 28.0. The van der Waals surface area contributed by atoms with E-state index in [0.717, 1.165) is 23.5 Å². The molecule has 1 heterocycles. The molecule has 2 rings (SSSR count). The van der Waals surface area contributed by atoms with Gasteiger partial charge in [0.15, 0.2) is 0 Å². The van der Waals surface area contributed by atoms with Crippen LogP contribution in [0.15, 0.2) is 24.3 Å². The number of rotatable bonds is 5. The molecular weight excluding hydrogens is 288 g/mol. The Hall–Kier alpha value is -2.21. The van der Waals surface area contributed by atoms with Gasteiger partial charge in [0.25, 0.3) is 5.91 Å². The van der Waals surface area contributed by atoms with Crippen molar-refractivity contribution in [1.82, 2.24) is 4.98 Å². The maximum Gasteiger partial charge on any atom is 0.335 e. The van der Waals surface area contributed by atoms with Crippen molar-refractivity contribution in [1.29, 1.82) is 0 Å². The van der Waals surface area contributed by atoms with Crippen LogP contribution in [0.3, 0.4) is 0 Å². The molecule has 2 N–H and O–H groups in total. The standard InChI is InChI=1S/C15H16N2O3S/c1-3-4-12-16-9(2)13(21-12)14(18)17-11-7-5-10(6-8-11)15(19)20/h5-8H,3-4H2,1-2H3,(H,17,18)(H,19,20). The fourth-order valence-electron chi connectivity index (χ4n) is 1.87. The van der Waals surface area contributed by atoms with Gasteiger partial charge in [-0.05, 0) is 44.0 Å². The zero-order chi connectivity index (χ0) is 15.4. The molecule has 5 nitrogen and oxygen atoms in total. The number of aromatic nitrogens is 1. The van der Waals surface area contributed by atoms with Gasteiger partial charge in [0.05, 0.1) is 16.3 Å². The highest BCUT2D eigenvalue weighted by molar-refractivity contribution is 7.13. The molecule has 0 aliphatic heterocycles. The summed E-state index contributed by atoms with van der Waals surface area (Å²) in [5, 5.41) is 12.6. The monoisotopic (exact) mass is 304 g/mol. The van der Waals surface area contributed by atoms with Gasteiger partial charge in [-0.25, -0.2) is 9.78 Å². The summed E-state index contributed by atoms with van der Waals surface area (Å²) < 4.78 is 0. The van der Waals surface area contributed by atoms with Gasteiger partial charge in [0.1, 0.15) is 4.88 Å². The topological polar surface area (TPSA) is 79.3 Å². The van der Waals surface area contributed by atoms with E-state index in [9.17, 15) is 9.59 Å². The molecule has 1 amide bonds. The van der Waals surface area contributed by atoms with Crippen LogP contribution in [0.1, 0.15) is 44.1 Å². The molecule has 0 bridgehead atoms. The molecular formula is C15H16N2O3S. The van der Waals surface area contributed by atoms with Crippen molar-refractivity contribution in [3.8, 4) is 0 Å². The summed E-state index contributed by atoms with van der Waals surface area (Å²) in [6, 6.07) is 6.06. The molecule has 0 aliphatic carbocycles. The molecule has 0 unspecified atom stereocenters. The van der Waals surface area contributed by atoms with Crippen LogP contribution in [0.2, 0.25) is 0 Å². The molecule has 21 heavy (non-hydrogen) atoms. The molecule has 0 atom stereocenters. The number of anilines is 1. The van der Waals surface area contributed by atoms with Gasteiger partial charge < -0.3 is 10.4 Å². The summed E-state index contributed by atoms with van der Waals surface area (Å²) in [5.41, 5.74) is 1.48. The molecule has 0 spiro atoms. The summed E-state index contributed by atoms with van der Waals surface area (Å²) in [7, 11) is 0. The fraction of sp³-hybridized carbons (Fsp3) is 0.267. The average Bonchev–Trinajstić information content (AvgIpc) is 2.81. The number of aryl methyl sites for hydroxylation is 2. The number of aromatic carboxylic acids is 1. The van der Waals surface area contributed by atoms with E-state index in [1.807, 2.05) is 6.92 Å². The minimum absolute atomic E-state index is 0.187. The van der Waals surface area contributed by atoms with Crippen molar-refractivity contribution >= 4 is 28.9 Å². The van der Waals surface area contributed by atoms with Gasteiger partial charge in [-0.15, -0.1) is 11.3 Å². The lowest BCUT2D eigenvalue weighted by molar-refractivity contribution is 0.0696. The number of benzene rings is 1. The van der Waals surface area contributed by atoms with E-state index in [2.05, 4.69) is 17.2 Å². The lowest BCUT2D eigenvalue weighted by Gasteiger charge is -2.04. The van der Waals surface area contributed by atoms with Crippen molar-refractivity contribution in [2.24, 2.45) is 0 Å². The maximum absolute atomic E-state index is 12.2. The Labute approximate surface area is 126 Å². The molecule has 2 aromatic rings. The highest BCUT2D eigenvalue weighted by atomic mass is 32.1. The maximum atomic E-state index is 12.2. The Morgan fingerprint density at radius 3 is 2.52 bits per heavy atom. The minimum Gasteiger partial charge on any atom is -0.478 e.